The number of aliphatic hydroxyl groups is 1. The number of thioether (sulfide) groups is 1. The van der Waals surface area contributed by atoms with E-state index in [1.165, 1.54) is 0 Å². The zero-order valence-electron chi connectivity index (χ0n) is 16.4. The average Bonchev–Trinajstić information content (AvgIpc) is 3.15. The normalized spacial score (nSPS) is 31.2. The molecule has 0 aromatic carbocycles. The summed E-state index contributed by atoms with van der Waals surface area (Å²) in [4.78, 5) is 16.0. The van der Waals surface area contributed by atoms with E-state index in [1.54, 1.807) is 12.4 Å². The van der Waals surface area contributed by atoms with Crippen molar-refractivity contribution in [2.24, 2.45) is 10.9 Å². The molecule has 7 nitrogen and oxygen atoms in total. The number of fused-ring (bicyclic) bond motifs is 1. The molecule has 2 atom stereocenters. The maximum Gasteiger partial charge on any atom is 0.257 e. The van der Waals surface area contributed by atoms with Crippen molar-refractivity contribution >= 4 is 22.7 Å². The van der Waals surface area contributed by atoms with Gasteiger partial charge < -0.3 is 20.1 Å². The molecule has 0 spiro atoms. The van der Waals surface area contributed by atoms with Gasteiger partial charge in [-0.25, -0.2) is 9.97 Å². The zero-order chi connectivity index (χ0) is 19.6. The largest absolute Gasteiger partial charge is 0.472 e. The van der Waals surface area contributed by atoms with Crippen LogP contribution < -0.4 is 15.0 Å². The molecule has 1 saturated heterocycles. The smallest absolute Gasteiger partial charge is 0.257 e. The maximum absolute atomic E-state index is 9.35. The number of aliphatic hydroxyl groups excluding tert-OH is 1. The molecule has 0 radical (unpaired) electrons. The van der Waals surface area contributed by atoms with Crippen molar-refractivity contribution in [3.8, 4) is 5.88 Å². The Labute approximate surface area is 175 Å². The number of hydrogen-bond acceptors (Lipinski definition) is 8. The number of aliphatic imine (C=N–C) groups is 1. The molecule has 5 rings (SSSR count). The van der Waals surface area contributed by atoms with Gasteiger partial charge in [0.2, 0.25) is 0 Å². The van der Waals surface area contributed by atoms with Crippen molar-refractivity contribution in [1.29, 1.82) is 0 Å². The van der Waals surface area contributed by atoms with E-state index < -0.39 is 0 Å². The van der Waals surface area contributed by atoms with E-state index in [1.807, 2.05) is 11.8 Å². The quantitative estimate of drug-likeness (QED) is 0.765. The lowest BCUT2D eigenvalue weighted by Gasteiger charge is -2.37. The minimum absolute atomic E-state index is 0.159. The van der Waals surface area contributed by atoms with E-state index in [-0.39, 0.29) is 18.8 Å². The predicted molar refractivity (Wildman–Crippen MR) is 116 cm³/mol. The Balaban J connectivity index is 1.13. The van der Waals surface area contributed by atoms with Crippen LogP contribution in [0.3, 0.4) is 0 Å². The first-order valence-electron chi connectivity index (χ1n) is 10.5. The highest BCUT2D eigenvalue weighted by molar-refractivity contribution is 8.14. The summed E-state index contributed by atoms with van der Waals surface area (Å²) in [5.41, 5.74) is 0. The summed E-state index contributed by atoms with van der Waals surface area (Å²) in [6.07, 6.45) is 16.0. The fourth-order valence-electron chi connectivity index (χ4n) is 4.22. The summed E-state index contributed by atoms with van der Waals surface area (Å²) in [7, 11) is 0. The third-order valence-electron chi connectivity index (χ3n) is 6.09. The molecule has 1 saturated carbocycles. The molecule has 0 bridgehead atoms. The third-order valence-corrected chi connectivity index (χ3v) is 7.25. The Morgan fingerprint density at radius 3 is 2.72 bits per heavy atom. The number of allylic oxidation sites excluding steroid dienone is 2. The highest BCUT2D eigenvalue weighted by atomic mass is 32.2. The van der Waals surface area contributed by atoms with Crippen molar-refractivity contribution in [2.75, 3.05) is 24.6 Å². The summed E-state index contributed by atoms with van der Waals surface area (Å²) < 4.78 is 6.20. The highest BCUT2D eigenvalue weighted by Crippen LogP contribution is 2.34. The molecular weight excluding hydrogens is 386 g/mol. The maximum atomic E-state index is 9.35. The molecule has 2 unspecified atom stereocenters. The molecule has 29 heavy (non-hydrogen) atoms. The summed E-state index contributed by atoms with van der Waals surface area (Å²) in [5, 5.41) is 14.4. The van der Waals surface area contributed by atoms with E-state index >= 15 is 0 Å². The lowest BCUT2D eigenvalue weighted by molar-refractivity contribution is 0.0885. The topological polar surface area (TPSA) is 82.9 Å². The van der Waals surface area contributed by atoms with Crippen LogP contribution in [0.15, 0.2) is 41.7 Å². The summed E-state index contributed by atoms with van der Waals surface area (Å²) in [6.45, 7) is 2.04. The van der Waals surface area contributed by atoms with Crippen molar-refractivity contribution < 1.29 is 9.84 Å². The molecule has 1 aromatic heterocycles. The second-order valence-corrected chi connectivity index (χ2v) is 9.29. The van der Waals surface area contributed by atoms with Crippen molar-refractivity contribution in [1.82, 2.24) is 15.3 Å². The molecule has 2 aliphatic heterocycles. The molecular formula is C21H27N5O2S. The number of anilines is 1. The van der Waals surface area contributed by atoms with Gasteiger partial charge >= 0.3 is 0 Å². The van der Waals surface area contributed by atoms with Crippen LogP contribution in [0, 0.1) is 5.92 Å². The third kappa shape index (κ3) is 4.14. The van der Waals surface area contributed by atoms with Gasteiger partial charge in [0.15, 0.2) is 11.0 Å². The van der Waals surface area contributed by atoms with Gasteiger partial charge in [0.25, 0.3) is 5.88 Å². The molecule has 2 aliphatic carbocycles. The van der Waals surface area contributed by atoms with E-state index in [4.69, 9.17) is 9.73 Å². The van der Waals surface area contributed by atoms with Gasteiger partial charge in [-0.1, -0.05) is 36.1 Å². The Kier molecular flexibility index (Phi) is 5.46. The van der Waals surface area contributed by atoms with Crippen LogP contribution in [-0.4, -0.2) is 63.4 Å². The van der Waals surface area contributed by atoms with Crippen LogP contribution in [0.4, 0.5) is 5.82 Å². The van der Waals surface area contributed by atoms with Gasteiger partial charge in [-0.05, 0) is 18.8 Å². The summed E-state index contributed by atoms with van der Waals surface area (Å²) in [6, 6.07) is 0.677. The minimum atomic E-state index is 0.159. The predicted octanol–water partition coefficient (Wildman–Crippen LogP) is 2.15. The number of nitrogens with zero attached hydrogens (tertiary/aromatic N) is 4. The first kappa shape index (κ1) is 18.9. The summed E-state index contributed by atoms with van der Waals surface area (Å²) in [5.74, 6) is 1.86. The van der Waals surface area contributed by atoms with Crippen molar-refractivity contribution in [2.45, 2.75) is 49.1 Å². The molecule has 3 heterocycles. The van der Waals surface area contributed by atoms with Gasteiger partial charge in [0.1, 0.15) is 6.10 Å². The average molecular weight is 414 g/mol. The molecule has 8 heteroatoms. The summed E-state index contributed by atoms with van der Waals surface area (Å²) >= 11 is 1.81. The number of rotatable bonds is 5. The number of hydrogen-bond donors (Lipinski definition) is 2. The van der Waals surface area contributed by atoms with Gasteiger partial charge in [-0.15, -0.1) is 0 Å². The number of ether oxygens (including phenoxy) is 1. The minimum Gasteiger partial charge on any atom is -0.472 e. The molecule has 154 valence electrons. The van der Waals surface area contributed by atoms with Crippen molar-refractivity contribution in [3.63, 3.8) is 0 Å². The highest BCUT2D eigenvalue weighted by Gasteiger charge is 2.36. The Morgan fingerprint density at radius 1 is 1.14 bits per heavy atom. The molecule has 0 amide bonds. The van der Waals surface area contributed by atoms with Gasteiger partial charge in [-0.3, -0.25) is 4.99 Å². The van der Waals surface area contributed by atoms with Crippen LogP contribution >= 0.6 is 11.8 Å². The standard InChI is InChI=1S/C21H27N5O2S/c27-13-14-5-9-26(10-6-14)19-20(23-8-7-22-19)28-16-11-15(12-16)24-21-25-17-3-1-2-4-18(17)29-21/h1-4,7-8,14-18,27H,5-6,9-13H2,(H,24,25). The van der Waals surface area contributed by atoms with Crippen LogP contribution in [0.25, 0.3) is 0 Å². The van der Waals surface area contributed by atoms with E-state index in [0.717, 1.165) is 49.8 Å². The van der Waals surface area contributed by atoms with Gasteiger partial charge in [0.05, 0.1) is 11.3 Å². The Morgan fingerprint density at radius 2 is 1.93 bits per heavy atom. The number of aromatic nitrogens is 2. The van der Waals surface area contributed by atoms with E-state index in [0.29, 0.717) is 23.1 Å². The first-order chi connectivity index (χ1) is 14.3. The Hall–Kier alpha value is -2.06. The number of piperidine rings is 1. The molecule has 4 aliphatic rings. The van der Waals surface area contributed by atoms with Crippen LogP contribution in [-0.2, 0) is 0 Å². The molecule has 2 fully saturated rings. The van der Waals surface area contributed by atoms with Crippen LogP contribution in [0.5, 0.6) is 5.88 Å². The number of amidine groups is 1. The van der Waals surface area contributed by atoms with E-state index in [2.05, 4.69) is 44.5 Å². The van der Waals surface area contributed by atoms with Gasteiger partial charge in [-0.2, -0.15) is 0 Å². The zero-order valence-corrected chi connectivity index (χ0v) is 17.2. The SMILES string of the molecule is OCC1CCN(c2nccnc2OC2CC(NC3=NC4C=CC=CC4S3)C2)CC1. The fourth-order valence-corrected chi connectivity index (χ4v) is 5.36. The second-order valence-electron chi connectivity index (χ2n) is 8.13. The molecule has 1 aromatic rings. The fraction of sp³-hybridized carbons (Fsp3) is 0.571. The monoisotopic (exact) mass is 413 g/mol. The lowest BCUT2D eigenvalue weighted by Crippen LogP contribution is -2.48. The van der Waals surface area contributed by atoms with E-state index in [9.17, 15) is 5.11 Å². The Bertz CT molecular complexity index is 815. The van der Waals surface area contributed by atoms with Crippen LogP contribution in [0.1, 0.15) is 25.7 Å². The molecule has 2 N–H and O–H groups in total. The lowest BCUT2D eigenvalue weighted by atomic mass is 9.89. The van der Waals surface area contributed by atoms with Crippen LogP contribution in [0.2, 0.25) is 0 Å². The second kappa shape index (κ2) is 8.36. The first-order valence-corrected chi connectivity index (χ1v) is 11.4. The number of nitrogens with one attached hydrogen (secondary N) is 1. The van der Waals surface area contributed by atoms with Gasteiger partial charge in [0, 0.05) is 51.0 Å². The van der Waals surface area contributed by atoms with Crippen molar-refractivity contribution in [3.05, 3.63) is 36.7 Å².